The number of hydrogen-bond donors (Lipinski definition) is 1. The number of rotatable bonds is 9. The molecule has 0 aromatic carbocycles. The van der Waals surface area contributed by atoms with E-state index in [2.05, 4.69) is 33.2 Å². The summed E-state index contributed by atoms with van der Waals surface area (Å²) in [4.78, 5) is 5.56. The molecule has 0 radical (unpaired) electrons. The van der Waals surface area contributed by atoms with Crippen molar-refractivity contribution < 1.29 is 4.84 Å². The van der Waals surface area contributed by atoms with Crippen LogP contribution in [0.3, 0.4) is 0 Å². The first-order chi connectivity index (χ1) is 6.70. The highest BCUT2D eigenvalue weighted by Crippen LogP contribution is 2.11. The SMILES string of the molecule is CCCNOC(CC)CCCC(C)C. The molecular formula is C12H27NO. The van der Waals surface area contributed by atoms with Crippen LogP contribution in [0, 0.1) is 5.92 Å². The van der Waals surface area contributed by atoms with Gasteiger partial charge in [-0.15, -0.1) is 0 Å². The minimum Gasteiger partial charge on any atom is -0.299 e. The van der Waals surface area contributed by atoms with Crippen molar-refractivity contribution in [2.24, 2.45) is 5.92 Å². The minimum absolute atomic E-state index is 0.403. The maximum absolute atomic E-state index is 5.56. The highest BCUT2D eigenvalue weighted by atomic mass is 16.7. The van der Waals surface area contributed by atoms with E-state index in [1.165, 1.54) is 19.3 Å². The molecule has 0 aromatic heterocycles. The average molecular weight is 201 g/mol. The Kier molecular flexibility index (Phi) is 9.42. The molecule has 0 aliphatic carbocycles. The van der Waals surface area contributed by atoms with Crippen molar-refractivity contribution in [3.05, 3.63) is 0 Å². The van der Waals surface area contributed by atoms with Gasteiger partial charge in [0.25, 0.3) is 0 Å². The zero-order valence-electron chi connectivity index (χ0n) is 10.3. The molecule has 0 aromatic rings. The summed E-state index contributed by atoms with van der Waals surface area (Å²) in [5.41, 5.74) is 3.02. The third-order valence-electron chi connectivity index (χ3n) is 2.36. The predicted molar refractivity (Wildman–Crippen MR) is 62.1 cm³/mol. The molecule has 0 saturated heterocycles. The van der Waals surface area contributed by atoms with Gasteiger partial charge in [0.2, 0.25) is 0 Å². The molecule has 0 spiro atoms. The molecular weight excluding hydrogens is 174 g/mol. The third-order valence-corrected chi connectivity index (χ3v) is 2.36. The van der Waals surface area contributed by atoms with Gasteiger partial charge in [0, 0.05) is 6.54 Å². The monoisotopic (exact) mass is 201 g/mol. The fourth-order valence-electron chi connectivity index (χ4n) is 1.38. The van der Waals surface area contributed by atoms with Crippen LogP contribution in [0.2, 0.25) is 0 Å². The number of hydroxylamine groups is 1. The molecule has 0 fully saturated rings. The Morgan fingerprint density at radius 3 is 2.36 bits per heavy atom. The van der Waals surface area contributed by atoms with Crippen LogP contribution in [-0.4, -0.2) is 12.6 Å². The Labute approximate surface area is 89.4 Å². The summed E-state index contributed by atoms with van der Waals surface area (Å²) in [7, 11) is 0. The van der Waals surface area contributed by atoms with Gasteiger partial charge < -0.3 is 0 Å². The van der Waals surface area contributed by atoms with E-state index < -0.39 is 0 Å². The van der Waals surface area contributed by atoms with Crippen molar-refractivity contribution in [1.82, 2.24) is 5.48 Å². The van der Waals surface area contributed by atoms with Gasteiger partial charge in [-0.25, -0.2) is 5.48 Å². The average Bonchev–Trinajstić information content (AvgIpc) is 2.15. The van der Waals surface area contributed by atoms with Crippen molar-refractivity contribution in [2.75, 3.05) is 6.54 Å². The Bertz CT molecular complexity index is 115. The standard InChI is InChI=1S/C12H27NO/c1-5-10-13-14-12(6-2)9-7-8-11(3)4/h11-13H,5-10H2,1-4H3. The Hall–Kier alpha value is -0.0800. The molecule has 0 saturated carbocycles. The molecule has 0 aliphatic heterocycles. The molecule has 86 valence electrons. The minimum atomic E-state index is 0.403. The van der Waals surface area contributed by atoms with Gasteiger partial charge in [0.05, 0.1) is 6.10 Å². The second-order valence-electron chi connectivity index (χ2n) is 4.37. The normalized spacial score (nSPS) is 13.5. The third kappa shape index (κ3) is 8.52. The maximum Gasteiger partial charge on any atom is 0.0787 e. The first-order valence-electron chi connectivity index (χ1n) is 6.09. The smallest absolute Gasteiger partial charge is 0.0787 e. The fourth-order valence-corrected chi connectivity index (χ4v) is 1.38. The summed E-state index contributed by atoms with van der Waals surface area (Å²) in [5, 5.41) is 0. The largest absolute Gasteiger partial charge is 0.299 e. The lowest BCUT2D eigenvalue weighted by Crippen LogP contribution is -2.24. The first kappa shape index (κ1) is 13.9. The van der Waals surface area contributed by atoms with Gasteiger partial charge >= 0.3 is 0 Å². The Morgan fingerprint density at radius 1 is 1.14 bits per heavy atom. The molecule has 2 heteroatoms. The molecule has 0 heterocycles. The van der Waals surface area contributed by atoms with Crippen LogP contribution in [0.4, 0.5) is 0 Å². The number of nitrogens with one attached hydrogen (secondary N) is 1. The zero-order chi connectivity index (χ0) is 10.8. The van der Waals surface area contributed by atoms with E-state index in [0.717, 1.165) is 25.3 Å². The van der Waals surface area contributed by atoms with Gasteiger partial charge in [-0.3, -0.25) is 4.84 Å². The summed E-state index contributed by atoms with van der Waals surface area (Å²) in [6, 6.07) is 0. The molecule has 0 amide bonds. The highest BCUT2D eigenvalue weighted by Gasteiger charge is 2.06. The van der Waals surface area contributed by atoms with E-state index in [9.17, 15) is 0 Å². The zero-order valence-corrected chi connectivity index (χ0v) is 10.3. The van der Waals surface area contributed by atoms with Crippen LogP contribution < -0.4 is 5.48 Å². The van der Waals surface area contributed by atoms with Crippen LogP contribution >= 0.6 is 0 Å². The van der Waals surface area contributed by atoms with Crippen LogP contribution in [0.25, 0.3) is 0 Å². The van der Waals surface area contributed by atoms with E-state index in [1.807, 2.05) is 0 Å². The van der Waals surface area contributed by atoms with Crippen LogP contribution in [-0.2, 0) is 4.84 Å². The quantitative estimate of drug-likeness (QED) is 0.455. The summed E-state index contributed by atoms with van der Waals surface area (Å²) in [6.45, 7) is 9.85. The maximum atomic E-state index is 5.56. The van der Waals surface area contributed by atoms with Crippen molar-refractivity contribution >= 4 is 0 Å². The van der Waals surface area contributed by atoms with Gasteiger partial charge in [0.1, 0.15) is 0 Å². The van der Waals surface area contributed by atoms with E-state index in [0.29, 0.717) is 6.10 Å². The molecule has 1 N–H and O–H groups in total. The second kappa shape index (κ2) is 9.47. The van der Waals surface area contributed by atoms with Crippen LogP contribution in [0.5, 0.6) is 0 Å². The van der Waals surface area contributed by atoms with Gasteiger partial charge in [-0.1, -0.05) is 40.5 Å². The van der Waals surface area contributed by atoms with Crippen molar-refractivity contribution in [3.8, 4) is 0 Å². The van der Waals surface area contributed by atoms with Crippen molar-refractivity contribution in [2.45, 2.75) is 65.9 Å². The van der Waals surface area contributed by atoms with Gasteiger partial charge in [0.15, 0.2) is 0 Å². The van der Waals surface area contributed by atoms with E-state index in [1.54, 1.807) is 0 Å². The van der Waals surface area contributed by atoms with E-state index in [-0.39, 0.29) is 0 Å². The van der Waals surface area contributed by atoms with Crippen LogP contribution in [0.15, 0.2) is 0 Å². The van der Waals surface area contributed by atoms with Crippen molar-refractivity contribution in [3.63, 3.8) is 0 Å². The molecule has 14 heavy (non-hydrogen) atoms. The molecule has 1 unspecified atom stereocenters. The lowest BCUT2D eigenvalue weighted by atomic mass is 10.0. The molecule has 0 bridgehead atoms. The molecule has 2 nitrogen and oxygen atoms in total. The van der Waals surface area contributed by atoms with E-state index in [4.69, 9.17) is 4.84 Å². The highest BCUT2D eigenvalue weighted by molar-refractivity contribution is 4.56. The lowest BCUT2D eigenvalue weighted by molar-refractivity contribution is -0.0315. The summed E-state index contributed by atoms with van der Waals surface area (Å²) in [5.74, 6) is 0.816. The first-order valence-corrected chi connectivity index (χ1v) is 6.09. The molecule has 0 aliphatic rings. The second-order valence-corrected chi connectivity index (χ2v) is 4.37. The van der Waals surface area contributed by atoms with E-state index >= 15 is 0 Å². The van der Waals surface area contributed by atoms with Crippen LogP contribution in [0.1, 0.15) is 59.8 Å². The number of hydrogen-bond acceptors (Lipinski definition) is 2. The topological polar surface area (TPSA) is 21.3 Å². The Balaban J connectivity index is 3.38. The van der Waals surface area contributed by atoms with Crippen molar-refractivity contribution in [1.29, 1.82) is 0 Å². The predicted octanol–water partition coefficient (Wildman–Crippen LogP) is 3.52. The fraction of sp³-hybridized carbons (Fsp3) is 1.00. The lowest BCUT2D eigenvalue weighted by Gasteiger charge is -2.16. The summed E-state index contributed by atoms with van der Waals surface area (Å²) < 4.78 is 0. The summed E-state index contributed by atoms with van der Waals surface area (Å²) in [6.07, 6.45) is 6.42. The Morgan fingerprint density at radius 2 is 1.86 bits per heavy atom. The summed E-state index contributed by atoms with van der Waals surface area (Å²) >= 11 is 0. The van der Waals surface area contributed by atoms with Gasteiger partial charge in [-0.2, -0.15) is 0 Å². The molecule has 1 atom stereocenters. The van der Waals surface area contributed by atoms with Gasteiger partial charge in [-0.05, 0) is 25.2 Å². The molecule has 0 rings (SSSR count).